The van der Waals surface area contributed by atoms with Crippen LogP contribution >= 0.6 is 16.9 Å². The van der Waals surface area contributed by atoms with Crippen LogP contribution in [0, 0.1) is 0 Å². The second kappa shape index (κ2) is 7.91. The van der Waals surface area contributed by atoms with Gasteiger partial charge in [0.25, 0.3) is 0 Å². The highest BCUT2D eigenvalue weighted by Gasteiger charge is 2.54. The van der Waals surface area contributed by atoms with Gasteiger partial charge in [0.2, 0.25) is 16.9 Å². The fourth-order valence-corrected chi connectivity index (χ4v) is 2.35. The summed E-state index contributed by atoms with van der Waals surface area (Å²) in [5, 5.41) is 8.91. The van der Waals surface area contributed by atoms with Crippen LogP contribution in [0.4, 0.5) is 0 Å². The van der Waals surface area contributed by atoms with E-state index in [0.717, 1.165) is 33.3 Å². The largest absolute Gasteiger partial charge is 0.480 e. The van der Waals surface area contributed by atoms with E-state index in [1.54, 1.807) is 0 Å². The van der Waals surface area contributed by atoms with Crippen molar-refractivity contribution in [1.29, 1.82) is 0 Å². The summed E-state index contributed by atoms with van der Waals surface area (Å²) in [4.78, 5) is 11.7. The fraction of sp³-hybridized carbons (Fsp3) is 0.875. The summed E-state index contributed by atoms with van der Waals surface area (Å²) in [5.74, 6) is -1.32. The molecule has 0 atom stereocenters. The van der Waals surface area contributed by atoms with Gasteiger partial charge in [-0.2, -0.15) is 4.90 Å². The minimum Gasteiger partial charge on any atom is -0.480 e. The van der Waals surface area contributed by atoms with Crippen molar-refractivity contribution < 1.29 is 38.0 Å². The summed E-state index contributed by atoms with van der Waals surface area (Å²) in [6, 6.07) is 0. The Morgan fingerprint density at radius 1 is 1.00 bits per heavy atom. The van der Waals surface area contributed by atoms with E-state index in [4.69, 9.17) is 24.1 Å². The van der Waals surface area contributed by atoms with Gasteiger partial charge in [0.15, 0.2) is 0 Å². The van der Waals surface area contributed by atoms with Crippen molar-refractivity contribution in [2.75, 3.05) is 35.0 Å². The van der Waals surface area contributed by atoms with Crippen LogP contribution < -0.4 is 0 Å². The first-order valence-corrected chi connectivity index (χ1v) is 6.43. The predicted octanol–water partition coefficient (Wildman–Crippen LogP) is 0.765. The van der Waals surface area contributed by atoms with Crippen LogP contribution in [-0.4, -0.2) is 62.3 Å². The van der Waals surface area contributed by atoms with Gasteiger partial charge < -0.3 is 24.1 Å². The van der Waals surface area contributed by atoms with Crippen molar-refractivity contribution in [1.82, 2.24) is 4.90 Å². The molecule has 0 spiro atoms. The zero-order valence-corrected chi connectivity index (χ0v) is 12.6. The van der Waals surface area contributed by atoms with Gasteiger partial charge in [-0.3, -0.25) is 13.9 Å². The smallest absolute Gasteiger partial charge is 0.320 e. The van der Waals surface area contributed by atoms with Crippen molar-refractivity contribution >= 4 is 22.9 Å². The average Bonchev–Trinajstić information content (AvgIpc) is 2.43. The number of methoxy groups -OCH3 is 4. The Labute approximate surface area is 113 Å². The maximum absolute atomic E-state index is 11.3. The lowest BCUT2D eigenvalue weighted by atomic mass is 10.5. The van der Waals surface area contributed by atoms with Crippen LogP contribution in [0.25, 0.3) is 0 Å². The Hall–Kier alpha value is -0.530. The van der Waals surface area contributed by atoms with Crippen LogP contribution in [-0.2, 0) is 32.9 Å². The lowest BCUT2D eigenvalue weighted by Gasteiger charge is -2.42. The highest BCUT2D eigenvalue weighted by molar-refractivity contribution is 7.26. The topological polar surface area (TPSA) is 112 Å². The molecule has 110 valence electrons. The molecule has 0 aromatic rings. The summed E-state index contributed by atoms with van der Waals surface area (Å²) in [6.45, 7) is -0.756. The molecule has 0 rings (SSSR count). The number of nitrogens with zero attached hydrogens (tertiary/aromatic N) is 1. The molecular formula is C8H15NO8P2. The maximum Gasteiger partial charge on any atom is 0.320 e. The van der Waals surface area contributed by atoms with Crippen molar-refractivity contribution in [2.45, 2.75) is 11.3 Å². The number of carboxylic acids is 1. The first kappa shape index (κ1) is 18.5. The van der Waals surface area contributed by atoms with E-state index in [1.807, 2.05) is 0 Å². The van der Waals surface area contributed by atoms with E-state index in [2.05, 4.69) is 0 Å². The average molecular weight is 315 g/mol. The van der Waals surface area contributed by atoms with E-state index in [0.29, 0.717) is 0 Å². The van der Waals surface area contributed by atoms with Gasteiger partial charge in [-0.05, 0) is 0 Å². The molecule has 0 radical (unpaired) electrons. The summed E-state index contributed by atoms with van der Waals surface area (Å²) >= 11 is 0. The molecule has 0 saturated carbocycles. The lowest BCUT2D eigenvalue weighted by molar-refractivity contribution is -0.337. The third kappa shape index (κ3) is 3.73. The number of rotatable bonds is 10. The van der Waals surface area contributed by atoms with Crippen molar-refractivity contribution in [2.24, 2.45) is 0 Å². The minimum atomic E-state index is -2.03. The van der Waals surface area contributed by atoms with Crippen LogP contribution in [0.15, 0.2) is 0 Å². The van der Waals surface area contributed by atoms with E-state index in [9.17, 15) is 13.9 Å². The first-order chi connectivity index (χ1) is 8.91. The molecule has 0 aromatic heterocycles. The second-order valence-corrected chi connectivity index (χ2v) is 4.57. The monoisotopic (exact) mass is 315 g/mol. The van der Waals surface area contributed by atoms with Crippen molar-refractivity contribution in [3.05, 3.63) is 0 Å². The predicted molar refractivity (Wildman–Crippen MR) is 63.1 cm³/mol. The Bertz CT molecular complexity index is 307. The van der Waals surface area contributed by atoms with Gasteiger partial charge in [0, 0.05) is 28.4 Å². The first-order valence-electron chi connectivity index (χ1n) is 4.81. The van der Waals surface area contributed by atoms with Crippen LogP contribution in [0.3, 0.4) is 0 Å². The molecule has 19 heavy (non-hydrogen) atoms. The van der Waals surface area contributed by atoms with E-state index in [1.165, 1.54) is 0 Å². The van der Waals surface area contributed by atoms with Gasteiger partial charge in [0.05, 0.1) is 0 Å². The van der Waals surface area contributed by atoms with E-state index in [-0.39, 0.29) is 0 Å². The van der Waals surface area contributed by atoms with E-state index >= 15 is 0 Å². The van der Waals surface area contributed by atoms with Gasteiger partial charge in [-0.15, -0.1) is 0 Å². The Balaban J connectivity index is 5.83. The maximum atomic E-state index is 11.3. The normalized spacial score (nSPS) is 13.3. The zero-order chi connectivity index (χ0) is 15.1. The van der Waals surface area contributed by atoms with Crippen molar-refractivity contribution in [3.63, 3.8) is 0 Å². The SMILES string of the molecule is COC(OC)(P=O)N(CC(=O)O)C(OC)(OC)P=O. The second-order valence-electron chi connectivity index (χ2n) is 3.08. The van der Waals surface area contributed by atoms with E-state index < -0.39 is 40.7 Å². The quantitative estimate of drug-likeness (QED) is 0.461. The fourth-order valence-electron chi connectivity index (χ4n) is 1.37. The number of aliphatic carboxylic acids is 1. The standard InChI is InChI=1S/C8H15NO8P2/c1-14-7(15-2,18-12)9(5-6(10)11)8(16-3,17-4)19-13/h5H2,1-4H3,(H,10,11). The van der Waals surface area contributed by atoms with Gasteiger partial charge in [-0.25, -0.2) is 0 Å². The molecule has 9 nitrogen and oxygen atoms in total. The van der Waals surface area contributed by atoms with Crippen molar-refractivity contribution in [3.8, 4) is 0 Å². The number of carbonyl (C=O) groups is 1. The minimum absolute atomic E-state index is 0.724. The number of hydrogen-bond donors (Lipinski definition) is 1. The third-order valence-corrected chi connectivity index (χ3v) is 3.94. The van der Waals surface area contributed by atoms with Gasteiger partial charge >= 0.3 is 17.3 Å². The Morgan fingerprint density at radius 2 is 1.32 bits per heavy atom. The van der Waals surface area contributed by atoms with Crippen LogP contribution in [0.1, 0.15) is 0 Å². The number of carboxylic acid groups (broad SMARTS) is 1. The molecule has 0 aliphatic carbocycles. The molecule has 0 fully saturated rings. The van der Waals surface area contributed by atoms with Crippen LogP contribution in [0.2, 0.25) is 0 Å². The van der Waals surface area contributed by atoms with Gasteiger partial charge in [0.1, 0.15) is 6.54 Å². The summed E-state index contributed by atoms with van der Waals surface area (Å²) in [5.41, 5.74) is -4.05. The zero-order valence-electron chi connectivity index (χ0n) is 10.9. The molecule has 0 aliphatic heterocycles. The molecule has 0 amide bonds. The molecule has 0 aliphatic rings. The Kier molecular flexibility index (Phi) is 7.69. The van der Waals surface area contributed by atoms with Gasteiger partial charge in [-0.1, -0.05) is 0 Å². The molecule has 0 heterocycles. The number of hydrogen-bond acceptors (Lipinski definition) is 8. The third-order valence-electron chi connectivity index (χ3n) is 2.27. The van der Waals surface area contributed by atoms with Crippen LogP contribution in [0.5, 0.6) is 0 Å². The number of ether oxygens (including phenoxy) is 4. The summed E-state index contributed by atoms with van der Waals surface area (Å²) in [7, 11) is 3.11. The molecule has 11 heteroatoms. The molecule has 0 aromatic carbocycles. The highest BCUT2D eigenvalue weighted by Crippen LogP contribution is 2.41. The lowest BCUT2D eigenvalue weighted by Crippen LogP contribution is -2.60. The summed E-state index contributed by atoms with van der Waals surface area (Å²) < 4.78 is 42.3. The Morgan fingerprint density at radius 3 is 1.47 bits per heavy atom. The summed E-state index contributed by atoms with van der Waals surface area (Å²) in [6.07, 6.45) is 0. The molecule has 1 N–H and O–H groups in total. The molecule has 0 bridgehead atoms. The highest BCUT2D eigenvalue weighted by atomic mass is 31.1. The molecule has 0 saturated heterocycles. The molecular weight excluding hydrogens is 300 g/mol. The molecule has 0 unspecified atom stereocenters.